The fourth-order valence-electron chi connectivity index (χ4n) is 1.67. The number of hydrogen-bond donors (Lipinski definition) is 1. The van der Waals surface area contributed by atoms with Gasteiger partial charge in [-0.25, -0.2) is 0 Å². The van der Waals surface area contributed by atoms with E-state index in [1.165, 1.54) is 0 Å². The van der Waals surface area contributed by atoms with Crippen molar-refractivity contribution in [2.24, 2.45) is 0 Å². The molecule has 0 aliphatic carbocycles. The Balaban J connectivity index is 1.83. The van der Waals surface area contributed by atoms with Crippen molar-refractivity contribution >= 4 is 0 Å². The first kappa shape index (κ1) is 13.9. The largest absolute Gasteiger partial charge is 0.380 e. The Morgan fingerprint density at radius 1 is 1.50 bits per heavy atom. The summed E-state index contributed by atoms with van der Waals surface area (Å²) in [5, 5.41) is 3.41. The maximum Gasteiger partial charge on any atom is 0.0830 e. The zero-order valence-electron chi connectivity index (χ0n) is 10.5. The van der Waals surface area contributed by atoms with Gasteiger partial charge in [0.2, 0.25) is 0 Å². The molecule has 0 aromatic rings. The second kappa shape index (κ2) is 8.93. The standard InChI is InChI=1S/C12H25NO3/c1-3-14-9-11(2)13-6-4-7-16-12-5-8-15-10-12/h11-13H,3-10H2,1-2H3. The molecule has 0 saturated carbocycles. The van der Waals surface area contributed by atoms with Gasteiger partial charge in [0.25, 0.3) is 0 Å². The minimum atomic E-state index is 0.334. The first-order chi connectivity index (χ1) is 7.83. The van der Waals surface area contributed by atoms with Gasteiger partial charge >= 0.3 is 0 Å². The van der Waals surface area contributed by atoms with Crippen molar-refractivity contribution in [3.8, 4) is 0 Å². The third-order valence-electron chi connectivity index (χ3n) is 2.63. The highest BCUT2D eigenvalue weighted by Gasteiger charge is 2.15. The van der Waals surface area contributed by atoms with Crippen LogP contribution in [-0.4, -0.2) is 51.7 Å². The van der Waals surface area contributed by atoms with Crippen molar-refractivity contribution in [2.45, 2.75) is 38.8 Å². The highest BCUT2D eigenvalue weighted by molar-refractivity contribution is 4.63. The molecule has 1 aliphatic heterocycles. The first-order valence-electron chi connectivity index (χ1n) is 6.33. The van der Waals surface area contributed by atoms with Crippen molar-refractivity contribution < 1.29 is 14.2 Å². The molecule has 16 heavy (non-hydrogen) atoms. The average molecular weight is 231 g/mol. The lowest BCUT2D eigenvalue weighted by molar-refractivity contribution is 0.0409. The van der Waals surface area contributed by atoms with Crippen molar-refractivity contribution in [1.29, 1.82) is 0 Å². The third kappa shape index (κ3) is 6.43. The number of rotatable bonds is 9. The van der Waals surface area contributed by atoms with E-state index in [2.05, 4.69) is 12.2 Å². The predicted molar refractivity (Wildman–Crippen MR) is 63.8 cm³/mol. The van der Waals surface area contributed by atoms with E-state index in [1.54, 1.807) is 0 Å². The molecule has 4 nitrogen and oxygen atoms in total. The molecule has 1 fully saturated rings. The summed E-state index contributed by atoms with van der Waals surface area (Å²) in [6, 6.07) is 0.426. The monoisotopic (exact) mass is 231 g/mol. The number of hydrogen-bond acceptors (Lipinski definition) is 4. The van der Waals surface area contributed by atoms with Crippen LogP contribution in [0, 0.1) is 0 Å². The van der Waals surface area contributed by atoms with Gasteiger partial charge in [0.15, 0.2) is 0 Å². The second-order valence-corrected chi connectivity index (χ2v) is 4.22. The zero-order valence-corrected chi connectivity index (χ0v) is 10.5. The van der Waals surface area contributed by atoms with Gasteiger partial charge in [-0.3, -0.25) is 0 Å². The highest BCUT2D eigenvalue weighted by atomic mass is 16.5. The molecule has 1 rings (SSSR count). The fraction of sp³-hybridized carbons (Fsp3) is 1.00. The lowest BCUT2D eigenvalue weighted by atomic mass is 10.3. The molecule has 2 atom stereocenters. The SMILES string of the molecule is CCOCC(C)NCCCOC1CCOC1. The first-order valence-corrected chi connectivity index (χ1v) is 6.33. The second-order valence-electron chi connectivity index (χ2n) is 4.22. The summed E-state index contributed by atoms with van der Waals surface area (Å²) in [6.07, 6.45) is 2.43. The molecule has 1 N–H and O–H groups in total. The summed E-state index contributed by atoms with van der Waals surface area (Å²) in [6.45, 7) is 9.17. The molecule has 0 bridgehead atoms. The van der Waals surface area contributed by atoms with E-state index >= 15 is 0 Å². The van der Waals surface area contributed by atoms with E-state index in [0.717, 1.165) is 52.4 Å². The summed E-state index contributed by atoms with van der Waals surface area (Å²) < 4.78 is 16.2. The molecule has 0 spiro atoms. The Bertz CT molecular complexity index is 160. The van der Waals surface area contributed by atoms with Crippen molar-refractivity contribution in [3.63, 3.8) is 0 Å². The third-order valence-corrected chi connectivity index (χ3v) is 2.63. The minimum Gasteiger partial charge on any atom is -0.380 e. The molecule has 0 aromatic heterocycles. The average Bonchev–Trinajstić information content (AvgIpc) is 2.79. The van der Waals surface area contributed by atoms with Crippen LogP contribution in [0.4, 0.5) is 0 Å². The zero-order chi connectivity index (χ0) is 11.6. The Kier molecular flexibility index (Phi) is 7.76. The summed E-state index contributed by atoms with van der Waals surface area (Å²) in [7, 11) is 0. The summed E-state index contributed by atoms with van der Waals surface area (Å²) in [4.78, 5) is 0. The topological polar surface area (TPSA) is 39.7 Å². The molecule has 0 aromatic carbocycles. The van der Waals surface area contributed by atoms with Crippen molar-refractivity contribution in [2.75, 3.05) is 39.6 Å². The molecular weight excluding hydrogens is 206 g/mol. The van der Waals surface area contributed by atoms with Gasteiger partial charge in [-0.2, -0.15) is 0 Å². The van der Waals surface area contributed by atoms with Crippen LogP contribution in [0.3, 0.4) is 0 Å². The Hall–Kier alpha value is -0.160. The lowest BCUT2D eigenvalue weighted by Crippen LogP contribution is -2.32. The Morgan fingerprint density at radius 3 is 3.06 bits per heavy atom. The van der Waals surface area contributed by atoms with E-state index in [9.17, 15) is 0 Å². The van der Waals surface area contributed by atoms with Crippen LogP contribution in [0.25, 0.3) is 0 Å². The van der Waals surface area contributed by atoms with Gasteiger partial charge in [0.05, 0.1) is 19.3 Å². The summed E-state index contributed by atoms with van der Waals surface area (Å²) in [5.41, 5.74) is 0. The van der Waals surface area contributed by atoms with E-state index in [4.69, 9.17) is 14.2 Å². The van der Waals surface area contributed by atoms with Crippen LogP contribution in [-0.2, 0) is 14.2 Å². The van der Waals surface area contributed by atoms with Crippen molar-refractivity contribution in [3.05, 3.63) is 0 Å². The van der Waals surface area contributed by atoms with Gasteiger partial charge in [-0.1, -0.05) is 0 Å². The maximum absolute atomic E-state index is 5.67. The molecule has 0 amide bonds. The summed E-state index contributed by atoms with van der Waals surface area (Å²) >= 11 is 0. The molecule has 4 heteroatoms. The summed E-state index contributed by atoms with van der Waals surface area (Å²) in [5.74, 6) is 0. The van der Waals surface area contributed by atoms with E-state index < -0.39 is 0 Å². The van der Waals surface area contributed by atoms with Crippen molar-refractivity contribution in [1.82, 2.24) is 5.32 Å². The quantitative estimate of drug-likeness (QED) is 0.605. The smallest absolute Gasteiger partial charge is 0.0830 e. The van der Waals surface area contributed by atoms with Gasteiger partial charge in [-0.05, 0) is 33.2 Å². The van der Waals surface area contributed by atoms with E-state index in [0.29, 0.717) is 12.1 Å². The normalized spacial score (nSPS) is 22.5. The Morgan fingerprint density at radius 2 is 2.38 bits per heavy atom. The molecule has 0 radical (unpaired) electrons. The van der Waals surface area contributed by atoms with Crippen LogP contribution in [0.1, 0.15) is 26.7 Å². The van der Waals surface area contributed by atoms with Gasteiger partial charge in [0, 0.05) is 25.9 Å². The van der Waals surface area contributed by atoms with Crippen LogP contribution in [0.15, 0.2) is 0 Å². The number of nitrogens with one attached hydrogen (secondary N) is 1. The van der Waals surface area contributed by atoms with Gasteiger partial charge in [-0.15, -0.1) is 0 Å². The van der Waals surface area contributed by atoms with Crippen LogP contribution < -0.4 is 5.32 Å². The molecular formula is C12H25NO3. The van der Waals surface area contributed by atoms with Crippen LogP contribution in [0.2, 0.25) is 0 Å². The van der Waals surface area contributed by atoms with E-state index in [-0.39, 0.29) is 0 Å². The molecule has 96 valence electrons. The number of ether oxygens (including phenoxy) is 3. The van der Waals surface area contributed by atoms with Gasteiger partial charge in [0.1, 0.15) is 0 Å². The molecule has 1 saturated heterocycles. The van der Waals surface area contributed by atoms with Crippen LogP contribution >= 0.6 is 0 Å². The fourth-order valence-corrected chi connectivity index (χ4v) is 1.67. The predicted octanol–water partition coefficient (Wildman–Crippen LogP) is 1.20. The molecule has 1 heterocycles. The van der Waals surface area contributed by atoms with E-state index in [1.807, 2.05) is 6.92 Å². The molecule has 2 unspecified atom stereocenters. The maximum atomic E-state index is 5.67. The van der Waals surface area contributed by atoms with Gasteiger partial charge < -0.3 is 19.5 Å². The van der Waals surface area contributed by atoms with Crippen LogP contribution in [0.5, 0.6) is 0 Å². The lowest BCUT2D eigenvalue weighted by Gasteiger charge is -2.14. The Labute approximate surface area is 98.6 Å². The minimum absolute atomic E-state index is 0.334. The molecule has 1 aliphatic rings. The highest BCUT2D eigenvalue weighted by Crippen LogP contribution is 2.07.